The maximum atomic E-state index is 11.1. The van der Waals surface area contributed by atoms with Gasteiger partial charge in [0.15, 0.2) is 17.6 Å². The van der Waals surface area contributed by atoms with Crippen molar-refractivity contribution in [3.05, 3.63) is 22.7 Å². The van der Waals surface area contributed by atoms with Gasteiger partial charge >= 0.3 is 5.97 Å². The number of carbonyl (C=O) groups is 1. The molecule has 1 atom stereocenters. The van der Waals surface area contributed by atoms with Crippen molar-refractivity contribution in [1.82, 2.24) is 0 Å². The average Bonchev–Trinajstić information content (AvgIpc) is 2.39. The molecule has 0 saturated carbocycles. The number of carboxylic acid groups (broad SMARTS) is 1. The third-order valence-electron chi connectivity index (χ3n) is 2.56. The monoisotopic (exact) mass is 288 g/mol. The molecule has 1 aromatic carbocycles. The first-order valence-corrected chi connectivity index (χ1v) is 6.28. The van der Waals surface area contributed by atoms with Crippen LogP contribution in [0.15, 0.2) is 12.1 Å². The number of hydrogen-bond donors (Lipinski definition) is 2. The SMILES string of the molecule is CCCC(Oc1c(Cl)cc(CO)cc1OC)C(=O)O. The predicted octanol–water partition coefficient (Wildman–Crippen LogP) is 2.47. The summed E-state index contributed by atoms with van der Waals surface area (Å²) < 4.78 is 10.5. The minimum atomic E-state index is -1.05. The van der Waals surface area contributed by atoms with Crippen LogP contribution in [0.4, 0.5) is 0 Å². The minimum Gasteiger partial charge on any atom is -0.493 e. The van der Waals surface area contributed by atoms with E-state index in [2.05, 4.69) is 0 Å². The molecule has 1 unspecified atom stereocenters. The van der Waals surface area contributed by atoms with Crippen molar-refractivity contribution in [1.29, 1.82) is 0 Å². The number of halogens is 1. The molecule has 2 N–H and O–H groups in total. The fraction of sp³-hybridized carbons (Fsp3) is 0.462. The van der Waals surface area contributed by atoms with Crippen molar-refractivity contribution in [3.8, 4) is 11.5 Å². The zero-order valence-electron chi connectivity index (χ0n) is 10.9. The molecule has 5 nitrogen and oxygen atoms in total. The smallest absolute Gasteiger partial charge is 0.344 e. The highest BCUT2D eigenvalue weighted by Gasteiger charge is 2.22. The summed E-state index contributed by atoms with van der Waals surface area (Å²) in [6.45, 7) is 1.68. The molecule has 19 heavy (non-hydrogen) atoms. The summed E-state index contributed by atoms with van der Waals surface area (Å²) >= 11 is 6.03. The van der Waals surface area contributed by atoms with E-state index in [1.807, 2.05) is 6.92 Å². The largest absolute Gasteiger partial charge is 0.493 e. The van der Waals surface area contributed by atoms with E-state index in [1.54, 1.807) is 6.07 Å². The molecule has 0 spiro atoms. The highest BCUT2D eigenvalue weighted by atomic mass is 35.5. The van der Waals surface area contributed by atoms with Gasteiger partial charge in [0, 0.05) is 0 Å². The predicted molar refractivity (Wildman–Crippen MR) is 70.9 cm³/mol. The van der Waals surface area contributed by atoms with Gasteiger partial charge in [0.05, 0.1) is 18.7 Å². The van der Waals surface area contributed by atoms with Gasteiger partial charge in [-0.05, 0) is 24.1 Å². The molecular formula is C13H17ClO5. The van der Waals surface area contributed by atoms with E-state index < -0.39 is 12.1 Å². The van der Waals surface area contributed by atoms with Gasteiger partial charge in [0.2, 0.25) is 0 Å². The summed E-state index contributed by atoms with van der Waals surface area (Å²) in [5, 5.41) is 18.4. The van der Waals surface area contributed by atoms with Crippen molar-refractivity contribution in [2.75, 3.05) is 7.11 Å². The van der Waals surface area contributed by atoms with E-state index >= 15 is 0 Å². The van der Waals surface area contributed by atoms with Gasteiger partial charge in [-0.3, -0.25) is 0 Å². The standard InChI is InChI=1S/C13H17ClO5/c1-3-4-10(13(16)17)19-12-9(14)5-8(7-15)6-11(12)18-2/h5-6,10,15H,3-4,7H2,1-2H3,(H,16,17). The van der Waals surface area contributed by atoms with E-state index in [1.165, 1.54) is 13.2 Å². The second kappa shape index (κ2) is 7.21. The first kappa shape index (κ1) is 15.6. The molecule has 1 aromatic rings. The van der Waals surface area contributed by atoms with Gasteiger partial charge in [-0.25, -0.2) is 4.79 Å². The Bertz CT molecular complexity index is 447. The molecule has 0 amide bonds. The lowest BCUT2D eigenvalue weighted by Crippen LogP contribution is -2.27. The summed E-state index contributed by atoms with van der Waals surface area (Å²) in [5.74, 6) is -0.563. The lowest BCUT2D eigenvalue weighted by atomic mass is 10.2. The number of hydrogen-bond acceptors (Lipinski definition) is 4. The summed E-state index contributed by atoms with van der Waals surface area (Å²) in [5.41, 5.74) is 0.566. The van der Waals surface area contributed by atoms with Crippen LogP contribution in [0.1, 0.15) is 25.3 Å². The Balaban J connectivity index is 3.08. The van der Waals surface area contributed by atoms with Crippen LogP contribution in [-0.4, -0.2) is 29.4 Å². The highest BCUT2D eigenvalue weighted by molar-refractivity contribution is 6.32. The first-order valence-electron chi connectivity index (χ1n) is 5.90. The second-order valence-corrected chi connectivity index (χ2v) is 4.41. The molecule has 0 fully saturated rings. The normalized spacial score (nSPS) is 12.0. The van der Waals surface area contributed by atoms with Gasteiger partial charge in [0.1, 0.15) is 0 Å². The molecule has 0 heterocycles. The summed E-state index contributed by atoms with van der Waals surface area (Å²) in [6.07, 6.45) is 0.0683. The van der Waals surface area contributed by atoms with Crippen LogP contribution in [0.5, 0.6) is 11.5 Å². The van der Waals surface area contributed by atoms with Crippen LogP contribution < -0.4 is 9.47 Å². The molecule has 1 rings (SSSR count). The maximum Gasteiger partial charge on any atom is 0.344 e. The number of benzene rings is 1. The Morgan fingerprint density at radius 1 is 1.47 bits per heavy atom. The molecule has 0 bridgehead atoms. The van der Waals surface area contributed by atoms with Crippen LogP contribution in [0, 0.1) is 0 Å². The van der Waals surface area contributed by atoms with Gasteiger partial charge in [-0.15, -0.1) is 0 Å². The molecule has 0 aliphatic carbocycles. The van der Waals surface area contributed by atoms with Crippen molar-refractivity contribution < 1.29 is 24.5 Å². The lowest BCUT2D eigenvalue weighted by molar-refractivity contribution is -0.145. The van der Waals surface area contributed by atoms with Crippen LogP contribution in [0.25, 0.3) is 0 Å². The average molecular weight is 289 g/mol. The third kappa shape index (κ3) is 4.01. The van der Waals surface area contributed by atoms with Crippen molar-refractivity contribution in [2.24, 2.45) is 0 Å². The van der Waals surface area contributed by atoms with Gasteiger partial charge < -0.3 is 19.7 Å². The van der Waals surface area contributed by atoms with Crippen LogP contribution in [0.3, 0.4) is 0 Å². The summed E-state index contributed by atoms with van der Waals surface area (Å²) in [6, 6.07) is 3.08. The van der Waals surface area contributed by atoms with E-state index in [0.29, 0.717) is 24.2 Å². The van der Waals surface area contributed by atoms with Gasteiger partial charge in [0.25, 0.3) is 0 Å². The van der Waals surface area contributed by atoms with Crippen LogP contribution in [0.2, 0.25) is 5.02 Å². The topological polar surface area (TPSA) is 76.0 Å². The number of aliphatic carboxylic acids is 1. The summed E-state index contributed by atoms with van der Waals surface area (Å²) in [7, 11) is 1.43. The molecule has 0 aliphatic rings. The maximum absolute atomic E-state index is 11.1. The molecule has 6 heteroatoms. The zero-order valence-corrected chi connectivity index (χ0v) is 11.6. The van der Waals surface area contributed by atoms with E-state index in [0.717, 1.165) is 0 Å². The van der Waals surface area contributed by atoms with Crippen molar-refractivity contribution in [2.45, 2.75) is 32.5 Å². The fourth-order valence-electron chi connectivity index (χ4n) is 1.62. The number of rotatable bonds is 7. The molecule has 106 valence electrons. The Kier molecular flexibility index (Phi) is 5.92. The number of aliphatic hydroxyl groups excluding tert-OH is 1. The fourth-order valence-corrected chi connectivity index (χ4v) is 1.89. The third-order valence-corrected chi connectivity index (χ3v) is 2.84. The number of carboxylic acids is 1. The van der Waals surface area contributed by atoms with E-state index in [-0.39, 0.29) is 17.4 Å². The van der Waals surface area contributed by atoms with E-state index in [9.17, 15) is 4.79 Å². The summed E-state index contributed by atoms with van der Waals surface area (Å²) in [4.78, 5) is 11.1. The number of methoxy groups -OCH3 is 1. The molecular weight excluding hydrogens is 272 g/mol. The molecule has 0 aromatic heterocycles. The van der Waals surface area contributed by atoms with Crippen molar-refractivity contribution >= 4 is 17.6 Å². The van der Waals surface area contributed by atoms with E-state index in [4.69, 9.17) is 31.3 Å². The Morgan fingerprint density at radius 3 is 2.63 bits per heavy atom. The van der Waals surface area contributed by atoms with Gasteiger partial charge in [-0.1, -0.05) is 24.9 Å². The Hall–Kier alpha value is -1.46. The number of aliphatic hydroxyl groups is 1. The Labute approximate surface area is 116 Å². The molecule has 0 radical (unpaired) electrons. The number of ether oxygens (including phenoxy) is 2. The first-order chi connectivity index (χ1) is 9.03. The highest BCUT2D eigenvalue weighted by Crippen LogP contribution is 2.37. The second-order valence-electron chi connectivity index (χ2n) is 4.00. The minimum absolute atomic E-state index is 0.183. The Morgan fingerprint density at radius 2 is 2.16 bits per heavy atom. The zero-order chi connectivity index (χ0) is 14.4. The molecule has 0 saturated heterocycles. The lowest BCUT2D eigenvalue weighted by Gasteiger charge is -2.18. The van der Waals surface area contributed by atoms with Crippen LogP contribution in [-0.2, 0) is 11.4 Å². The quantitative estimate of drug-likeness (QED) is 0.806. The van der Waals surface area contributed by atoms with Gasteiger partial charge in [-0.2, -0.15) is 0 Å². The van der Waals surface area contributed by atoms with Crippen LogP contribution >= 0.6 is 11.6 Å². The van der Waals surface area contributed by atoms with Crippen molar-refractivity contribution in [3.63, 3.8) is 0 Å². The molecule has 0 aliphatic heterocycles.